The van der Waals surface area contributed by atoms with Gasteiger partial charge < -0.3 is 0 Å². The molecule has 0 spiro atoms. The van der Waals surface area contributed by atoms with E-state index in [1.165, 1.54) is 64.2 Å². The van der Waals surface area contributed by atoms with E-state index in [0.29, 0.717) is 12.1 Å². The van der Waals surface area contributed by atoms with E-state index in [9.17, 15) is 0 Å². The highest BCUT2D eigenvalue weighted by molar-refractivity contribution is 5.81. The van der Waals surface area contributed by atoms with E-state index in [0.717, 1.165) is 11.4 Å². The van der Waals surface area contributed by atoms with Gasteiger partial charge in [0, 0.05) is 12.4 Å². The molecule has 118 valence electrons. The van der Waals surface area contributed by atoms with Gasteiger partial charge in [-0.15, -0.1) is 0 Å². The van der Waals surface area contributed by atoms with E-state index in [2.05, 4.69) is 11.1 Å². The van der Waals surface area contributed by atoms with Gasteiger partial charge in [0.25, 0.3) is 0 Å². The van der Waals surface area contributed by atoms with Gasteiger partial charge in [0.2, 0.25) is 0 Å². The molecule has 0 radical (unpaired) electrons. The van der Waals surface area contributed by atoms with Crippen LogP contribution in [-0.4, -0.2) is 29.5 Å². The van der Waals surface area contributed by atoms with Crippen molar-refractivity contribution in [2.45, 2.75) is 76.3 Å². The molecule has 2 fully saturated rings. The zero-order valence-corrected chi connectivity index (χ0v) is 13.5. The summed E-state index contributed by atoms with van der Waals surface area (Å²) in [7, 11) is 0. The molecule has 1 aromatic rings. The van der Waals surface area contributed by atoms with Gasteiger partial charge in [0.15, 0.2) is 0 Å². The molecule has 1 heterocycles. The number of pyridine rings is 1. The van der Waals surface area contributed by atoms with Crippen molar-refractivity contribution in [3.8, 4) is 0 Å². The average Bonchev–Trinajstić information content (AvgIpc) is 2.60. The van der Waals surface area contributed by atoms with Crippen LogP contribution in [0, 0.1) is 0 Å². The number of rotatable bonds is 4. The van der Waals surface area contributed by atoms with Gasteiger partial charge >= 0.3 is 0 Å². The van der Waals surface area contributed by atoms with Crippen LogP contribution < -0.4 is 0 Å². The van der Waals surface area contributed by atoms with Gasteiger partial charge in [-0.25, -0.2) is 4.98 Å². The molecule has 22 heavy (non-hydrogen) atoms. The fraction of sp³-hybridized carbons (Fsp3) is 0.632. The Balaban J connectivity index is 1.59. The summed E-state index contributed by atoms with van der Waals surface area (Å²) in [6.07, 6.45) is 16.9. The first-order valence-electron chi connectivity index (χ1n) is 8.93. The summed E-state index contributed by atoms with van der Waals surface area (Å²) in [5.74, 6) is 0. The van der Waals surface area contributed by atoms with Gasteiger partial charge in [0.05, 0.1) is 23.5 Å². The van der Waals surface area contributed by atoms with Crippen molar-refractivity contribution in [3.63, 3.8) is 0 Å². The van der Waals surface area contributed by atoms with Crippen LogP contribution in [0.5, 0.6) is 0 Å². The molecular formula is C19H27N3. The standard InChI is InChI=1S/C19H27N3/c1-3-8-16(9-4-1)20-14-18-12-7-13-19(22-18)15-21-17-10-5-2-6-11-17/h7,12-17H,1-6,8-11H2. The first-order valence-corrected chi connectivity index (χ1v) is 8.93. The van der Waals surface area contributed by atoms with E-state index in [1.54, 1.807) is 0 Å². The van der Waals surface area contributed by atoms with Crippen LogP contribution in [0.3, 0.4) is 0 Å². The van der Waals surface area contributed by atoms with Crippen LogP contribution in [0.1, 0.15) is 75.6 Å². The van der Waals surface area contributed by atoms with Crippen LogP contribution >= 0.6 is 0 Å². The molecular weight excluding hydrogens is 270 g/mol. The molecule has 0 bridgehead atoms. The maximum atomic E-state index is 4.71. The summed E-state index contributed by atoms with van der Waals surface area (Å²) < 4.78 is 0. The quantitative estimate of drug-likeness (QED) is 0.749. The minimum atomic E-state index is 0.509. The second-order valence-electron chi connectivity index (χ2n) is 6.63. The van der Waals surface area contributed by atoms with Crippen molar-refractivity contribution in [2.24, 2.45) is 9.98 Å². The molecule has 0 unspecified atom stereocenters. The lowest BCUT2D eigenvalue weighted by Gasteiger charge is -2.17. The molecule has 3 heteroatoms. The Morgan fingerprint density at radius 1 is 0.727 bits per heavy atom. The summed E-state index contributed by atoms with van der Waals surface area (Å²) in [5.41, 5.74) is 1.91. The lowest BCUT2D eigenvalue weighted by atomic mass is 9.96. The molecule has 2 saturated carbocycles. The number of aromatic nitrogens is 1. The third kappa shape index (κ3) is 4.75. The zero-order valence-electron chi connectivity index (χ0n) is 13.5. The van der Waals surface area contributed by atoms with Crippen molar-refractivity contribution in [3.05, 3.63) is 29.6 Å². The first kappa shape index (κ1) is 15.4. The van der Waals surface area contributed by atoms with Crippen molar-refractivity contribution in [1.82, 2.24) is 4.98 Å². The monoisotopic (exact) mass is 297 g/mol. The van der Waals surface area contributed by atoms with Crippen molar-refractivity contribution in [1.29, 1.82) is 0 Å². The van der Waals surface area contributed by atoms with E-state index in [1.807, 2.05) is 24.6 Å². The van der Waals surface area contributed by atoms with Crippen molar-refractivity contribution >= 4 is 12.4 Å². The molecule has 2 aliphatic rings. The predicted octanol–water partition coefficient (Wildman–Crippen LogP) is 4.58. The SMILES string of the molecule is C(=NC1CCCCC1)c1cccc(C=NC2CCCCC2)n1. The Morgan fingerprint density at radius 2 is 1.18 bits per heavy atom. The molecule has 0 atom stereocenters. The van der Waals surface area contributed by atoms with E-state index >= 15 is 0 Å². The highest BCUT2D eigenvalue weighted by atomic mass is 14.8. The molecule has 0 aromatic carbocycles. The van der Waals surface area contributed by atoms with Crippen molar-refractivity contribution in [2.75, 3.05) is 0 Å². The van der Waals surface area contributed by atoms with E-state index < -0.39 is 0 Å². The highest BCUT2D eigenvalue weighted by Crippen LogP contribution is 2.21. The Hall–Kier alpha value is -1.51. The number of aliphatic imine (C=N–C) groups is 2. The third-order valence-electron chi connectivity index (χ3n) is 4.78. The second-order valence-corrected chi connectivity index (χ2v) is 6.63. The fourth-order valence-corrected chi connectivity index (χ4v) is 3.44. The summed E-state index contributed by atoms with van der Waals surface area (Å²) in [6.45, 7) is 0. The molecule has 0 amide bonds. The van der Waals surface area contributed by atoms with Gasteiger partial charge in [0.1, 0.15) is 0 Å². The Kier molecular flexibility index (Phi) is 5.74. The average molecular weight is 297 g/mol. The van der Waals surface area contributed by atoms with Crippen LogP contribution in [0.25, 0.3) is 0 Å². The zero-order chi connectivity index (χ0) is 15.0. The molecule has 3 nitrogen and oxygen atoms in total. The topological polar surface area (TPSA) is 37.6 Å². The lowest BCUT2D eigenvalue weighted by molar-refractivity contribution is 0.444. The summed E-state index contributed by atoms with van der Waals surface area (Å²) in [6, 6.07) is 7.14. The smallest absolute Gasteiger partial charge is 0.0815 e. The molecule has 1 aromatic heterocycles. The Bertz CT molecular complexity index is 466. The lowest BCUT2D eigenvalue weighted by Crippen LogP contribution is -2.10. The van der Waals surface area contributed by atoms with E-state index in [-0.39, 0.29) is 0 Å². The highest BCUT2D eigenvalue weighted by Gasteiger charge is 2.11. The van der Waals surface area contributed by atoms with Gasteiger partial charge in [-0.1, -0.05) is 44.6 Å². The Labute approximate surface area is 134 Å². The maximum absolute atomic E-state index is 4.71. The molecule has 0 saturated heterocycles. The second kappa shape index (κ2) is 8.21. The minimum absolute atomic E-state index is 0.509. The molecule has 0 aliphatic heterocycles. The maximum Gasteiger partial charge on any atom is 0.0815 e. The third-order valence-corrected chi connectivity index (χ3v) is 4.78. The molecule has 0 N–H and O–H groups in total. The summed E-state index contributed by atoms with van der Waals surface area (Å²) in [4.78, 5) is 14.1. The van der Waals surface area contributed by atoms with Crippen LogP contribution in [0.2, 0.25) is 0 Å². The summed E-state index contributed by atoms with van der Waals surface area (Å²) >= 11 is 0. The van der Waals surface area contributed by atoms with Gasteiger partial charge in [-0.3, -0.25) is 9.98 Å². The van der Waals surface area contributed by atoms with Crippen molar-refractivity contribution < 1.29 is 0 Å². The van der Waals surface area contributed by atoms with Crippen LogP contribution in [0.4, 0.5) is 0 Å². The molecule has 2 aliphatic carbocycles. The minimum Gasteiger partial charge on any atom is -0.288 e. The fourth-order valence-electron chi connectivity index (χ4n) is 3.44. The Morgan fingerprint density at radius 3 is 1.64 bits per heavy atom. The van der Waals surface area contributed by atoms with Gasteiger partial charge in [-0.2, -0.15) is 0 Å². The van der Waals surface area contributed by atoms with Gasteiger partial charge in [-0.05, 0) is 37.8 Å². The molecule has 3 rings (SSSR count). The number of nitrogens with zero attached hydrogens (tertiary/aromatic N) is 3. The van der Waals surface area contributed by atoms with E-state index in [4.69, 9.17) is 9.98 Å². The summed E-state index contributed by atoms with van der Waals surface area (Å²) in [5, 5.41) is 0. The predicted molar refractivity (Wildman–Crippen MR) is 93.2 cm³/mol. The normalized spacial score (nSPS) is 21.8. The number of hydrogen-bond donors (Lipinski definition) is 0. The largest absolute Gasteiger partial charge is 0.288 e. The van der Waals surface area contributed by atoms with Crippen LogP contribution in [0.15, 0.2) is 28.2 Å². The number of hydrogen-bond acceptors (Lipinski definition) is 3. The van der Waals surface area contributed by atoms with Crippen LogP contribution in [-0.2, 0) is 0 Å². The first-order chi connectivity index (χ1) is 10.9.